The van der Waals surface area contributed by atoms with Gasteiger partial charge in [-0.05, 0) is 64.2 Å². The first kappa shape index (κ1) is 60.4. The number of hydrogen-bond donors (Lipinski definition) is 0. The molecule has 0 bridgehead atoms. The van der Waals surface area contributed by atoms with Crippen LogP contribution in [0, 0.1) is 0 Å². The molecule has 1 atom stereocenters. The van der Waals surface area contributed by atoms with Crippen molar-refractivity contribution in [3.63, 3.8) is 0 Å². The quantitative estimate of drug-likeness (QED) is 0.0262. The summed E-state index contributed by atoms with van der Waals surface area (Å²) < 4.78 is 16.7. The van der Waals surface area contributed by atoms with Gasteiger partial charge in [0.25, 0.3) is 0 Å². The summed E-state index contributed by atoms with van der Waals surface area (Å²) in [4.78, 5) is 37.9. The molecular formula is C57H102O6. The van der Waals surface area contributed by atoms with Crippen LogP contribution >= 0.6 is 0 Å². The van der Waals surface area contributed by atoms with Gasteiger partial charge < -0.3 is 14.2 Å². The Kier molecular flexibility index (Phi) is 49.8. The number of carbonyl (C=O) groups is 3. The molecule has 0 aliphatic rings. The van der Waals surface area contributed by atoms with Crippen molar-refractivity contribution in [3.8, 4) is 0 Å². The molecule has 0 saturated carbocycles. The number of carbonyl (C=O) groups excluding carboxylic acids is 3. The number of hydrogen-bond acceptors (Lipinski definition) is 6. The molecule has 0 amide bonds. The zero-order valence-electron chi connectivity index (χ0n) is 41.8. The molecule has 0 aliphatic heterocycles. The number of ether oxygens (including phenoxy) is 3. The van der Waals surface area contributed by atoms with E-state index >= 15 is 0 Å². The van der Waals surface area contributed by atoms with Gasteiger partial charge in [-0.1, -0.05) is 243 Å². The van der Waals surface area contributed by atoms with Crippen LogP contribution in [0.4, 0.5) is 0 Å². The first-order valence-electron chi connectivity index (χ1n) is 27.1. The molecule has 0 N–H and O–H groups in total. The zero-order valence-corrected chi connectivity index (χ0v) is 41.8. The summed E-state index contributed by atoms with van der Waals surface area (Å²) in [5.41, 5.74) is 0. The van der Waals surface area contributed by atoms with Crippen LogP contribution in [0.15, 0.2) is 48.6 Å². The minimum atomic E-state index is -0.830. The van der Waals surface area contributed by atoms with Crippen molar-refractivity contribution in [2.45, 2.75) is 284 Å². The van der Waals surface area contributed by atoms with Crippen LogP contribution in [0.3, 0.4) is 0 Å². The Morgan fingerprint density at radius 2 is 0.571 bits per heavy atom. The van der Waals surface area contributed by atoms with Crippen LogP contribution in [0.1, 0.15) is 278 Å². The molecular weight excluding hydrogens is 781 g/mol. The molecule has 6 nitrogen and oxygen atoms in total. The molecule has 0 aromatic carbocycles. The second-order valence-corrected chi connectivity index (χ2v) is 18.1. The van der Waals surface area contributed by atoms with E-state index < -0.39 is 6.10 Å². The van der Waals surface area contributed by atoms with Crippen molar-refractivity contribution in [1.82, 2.24) is 0 Å². The number of esters is 3. The standard InChI is InChI=1S/C57H102O6/c1-4-7-10-13-16-19-22-25-28-31-34-37-40-43-46-49-55(58)61-52-54(63-57(60)51-48-45-42-39-36-33-30-27-24-21-18-15-12-9-6-3)53-62-56(59)50-47-44-41-38-35-32-29-26-23-20-17-14-11-8-5-2/h31,34,40-45,54H,4-30,32-33,35-39,46-53H2,1-3H3/b34-31-,43-40-,44-41-,45-42-. The van der Waals surface area contributed by atoms with Gasteiger partial charge in [0.1, 0.15) is 13.2 Å². The Hall–Kier alpha value is -2.63. The fourth-order valence-electron chi connectivity index (χ4n) is 7.71. The lowest BCUT2D eigenvalue weighted by molar-refractivity contribution is -0.166. The van der Waals surface area contributed by atoms with Gasteiger partial charge in [-0.15, -0.1) is 0 Å². The predicted octanol–water partition coefficient (Wildman–Crippen LogP) is 17.9. The van der Waals surface area contributed by atoms with E-state index in [1.54, 1.807) is 0 Å². The Morgan fingerprint density at radius 3 is 0.905 bits per heavy atom. The molecule has 0 rings (SSSR count). The van der Waals surface area contributed by atoms with Crippen LogP contribution in [-0.2, 0) is 28.6 Å². The SMILES string of the molecule is CCCCCCCCCC/C=C\C/C=C\CCC(=O)OCC(COC(=O)CC/C=C\CCCCCCCCCCCCC)OC(=O)CC/C=C\CCCCCCCCCCCCC. The molecule has 0 radical (unpaired) electrons. The first-order valence-corrected chi connectivity index (χ1v) is 27.1. The van der Waals surface area contributed by atoms with Crippen LogP contribution < -0.4 is 0 Å². The Bertz CT molecular complexity index is 1110. The van der Waals surface area contributed by atoms with Crippen molar-refractivity contribution in [1.29, 1.82) is 0 Å². The van der Waals surface area contributed by atoms with Gasteiger partial charge in [0.15, 0.2) is 6.10 Å². The van der Waals surface area contributed by atoms with E-state index in [0.29, 0.717) is 19.3 Å². The number of allylic oxidation sites excluding steroid dienone is 8. The maximum atomic E-state index is 12.8. The normalized spacial score (nSPS) is 12.4. The maximum Gasteiger partial charge on any atom is 0.306 e. The highest BCUT2D eigenvalue weighted by atomic mass is 16.6. The molecule has 0 aliphatic carbocycles. The molecule has 0 aromatic heterocycles. The highest BCUT2D eigenvalue weighted by molar-refractivity contribution is 5.71. The highest BCUT2D eigenvalue weighted by Crippen LogP contribution is 2.15. The van der Waals surface area contributed by atoms with Gasteiger partial charge >= 0.3 is 17.9 Å². The molecule has 0 spiro atoms. The fraction of sp³-hybridized carbons (Fsp3) is 0.807. The largest absolute Gasteiger partial charge is 0.462 e. The van der Waals surface area contributed by atoms with Gasteiger partial charge in [-0.25, -0.2) is 0 Å². The molecule has 0 saturated heterocycles. The summed E-state index contributed by atoms with van der Waals surface area (Å²) in [6.07, 6.45) is 62.8. The average Bonchev–Trinajstić information content (AvgIpc) is 3.28. The topological polar surface area (TPSA) is 78.9 Å². The summed E-state index contributed by atoms with van der Waals surface area (Å²) in [6.45, 7) is 6.54. The lowest BCUT2D eigenvalue weighted by Gasteiger charge is -2.18. The zero-order chi connectivity index (χ0) is 45.8. The third-order valence-electron chi connectivity index (χ3n) is 11.8. The molecule has 366 valence electrons. The van der Waals surface area contributed by atoms with Gasteiger partial charge in [0.2, 0.25) is 0 Å². The monoisotopic (exact) mass is 883 g/mol. The van der Waals surface area contributed by atoms with E-state index in [2.05, 4.69) is 63.3 Å². The first-order chi connectivity index (χ1) is 31.0. The molecule has 0 fully saturated rings. The minimum absolute atomic E-state index is 0.125. The van der Waals surface area contributed by atoms with Gasteiger partial charge in [0.05, 0.1) is 0 Å². The summed E-state index contributed by atoms with van der Waals surface area (Å²) in [7, 11) is 0. The van der Waals surface area contributed by atoms with Gasteiger partial charge in [-0.2, -0.15) is 0 Å². The lowest BCUT2D eigenvalue weighted by Crippen LogP contribution is -2.30. The van der Waals surface area contributed by atoms with E-state index in [0.717, 1.165) is 25.7 Å². The average molecular weight is 883 g/mol. The second-order valence-electron chi connectivity index (χ2n) is 18.1. The summed E-state index contributed by atoms with van der Waals surface area (Å²) >= 11 is 0. The molecule has 1 unspecified atom stereocenters. The van der Waals surface area contributed by atoms with Crippen molar-refractivity contribution in [2.75, 3.05) is 13.2 Å². The van der Waals surface area contributed by atoms with Gasteiger partial charge in [0, 0.05) is 19.3 Å². The molecule has 0 heterocycles. The smallest absolute Gasteiger partial charge is 0.306 e. The van der Waals surface area contributed by atoms with Crippen LogP contribution in [0.25, 0.3) is 0 Å². The van der Waals surface area contributed by atoms with Crippen LogP contribution in [0.2, 0.25) is 0 Å². The van der Waals surface area contributed by atoms with E-state index in [1.807, 2.05) is 6.08 Å². The molecule has 6 heteroatoms. The minimum Gasteiger partial charge on any atom is -0.462 e. The predicted molar refractivity (Wildman–Crippen MR) is 270 cm³/mol. The third kappa shape index (κ3) is 50.2. The second kappa shape index (κ2) is 52.0. The Labute approximate surface area is 390 Å². The summed E-state index contributed by atoms with van der Waals surface area (Å²) in [5, 5.41) is 0. The van der Waals surface area contributed by atoms with E-state index in [4.69, 9.17) is 14.2 Å². The lowest BCUT2D eigenvalue weighted by atomic mass is 10.1. The summed E-state index contributed by atoms with van der Waals surface area (Å²) in [5.74, 6) is -1.08. The van der Waals surface area contributed by atoms with E-state index in [-0.39, 0.29) is 50.4 Å². The van der Waals surface area contributed by atoms with Crippen molar-refractivity contribution in [2.24, 2.45) is 0 Å². The number of rotatable bonds is 49. The van der Waals surface area contributed by atoms with Gasteiger partial charge in [-0.3, -0.25) is 14.4 Å². The fourth-order valence-corrected chi connectivity index (χ4v) is 7.71. The number of unbranched alkanes of at least 4 members (excludes halogenated alkanes) is 30. The van der Waals surface area contributed by atoms with Crippen LogP contribution in [-0.4, -0.2) is 37.2 Å². The summed E-state index contributed by atoms with van der Waals surface area (Å²) in [6, 6.07) is 0. The van der Waals surface area contributed by atoms with Crippen LogP contribution in [0.5, 0.6) is 0 Å². The van der Waals surface area contributed by atoms with Crippen molar-refractivity contribution < 1.29 is 28.6 Å². The highest BCUT2D eigenvalue weighted by Gasteiger charge is 2.19. The maximum absolute atomic E-state index is 12.8. The molecule has 63 heavy (non-hydrogen) atoms. The third-order valence-corrected chi connectivity index (χ3v) is 11.8. The van der Waals surface area contributed by atoms with E-state index in [9.17, 15) is 14.4 Å². The van der Waals surface area contributed by atoms with Crippen molar-refractivity contribution in [3.05, 3.63) is 48.6 Å². The van der Waals surface area contributed by atoms with E-state index in [1.165, 1.54) is 193 Å². The Morgan fingerprint density at radius 1 is 0.317 bits per heavy atom. The molecule has 0 aromatic rings. The Balaban J connectivity index is 4.49. The van der Waals surface area contributed by atoms with Crippen molar-refractivity contribution >= 4 is 17.9 Å².